The second-order valence-electron chi connectivity index (χ2n) is 3.25. The van der Waals surface area contributed by atoms with Gasteiger partial charge in [-0.15, -0.1) is 0 Å². The second kappa shape index (κ2) is 6.42. The van der Waals surface area contributed by atoms with Crippen LogP contribution in [0.2, 0.25) is 0 Å². The van der Waals surface area contributed by atoms with E-state index in [0.29, 0.717) is 6.54 Å². The summed E-state index contributed by atoms with van der Waals surface area (Å²) in [6.45, 7) is 3.10. The van der Waals surface area contributed by atoms with Crippen LogP contribution < -0.4 is 10.2 Å². The zero-order chi connectivity index (χ0) is 10.3. The SMILES string of the molecule is C/C(=N\O)C(=O)NCCC[NH+](C)C. The Morgan fingerprint density at radius 3 is 2.62 bits per heavy atom. The highest BCUT2D eigenvalue weighted by Gasteiger charge is 2.04. The van der Waals surface area contributed by atoms with Crippen molar-refractivity contribution in [2.45, 2.75) is 13.3 Å². The van der Waals surface area contributed by atoms with Crippen molar-refractivity contribution in [3.05, 3.63) is 0 Å². The van der Waals surface area contributed by atoms with Crippen LogP contribution >= 0.6 is 0 Å². The van der Waals surface area contributed by atoms with E-state index in [4.69, 9.17) is 5.21 Å². The van der Waals surface area contributed by atoms with Crippen LogP contribution in [0.1, 0.15) is 13.3 Å². The van der Waals surface area contributed by atoms with Gasteiger partial charge in [0.05, 0.1) is 20.6 Å². The molecular weight excluding hydrogens is 170 g/mol. The molecule has 5 nitrogen and oxygen atoms in total. The van der Waals surface area contributed by atoms with E-state index in [9.17, 15) is 4.79 Å². The zero-order valence-electron chi connectivity index (χ0n) is 8.42. The van der Waals surface area contributed by atoms with Crippen molar-refractivity contribution in [2.75, 3.05) is 27.2 Å². The predicted octanol–water partition coefficient (Wildman–Crippen LogP) is -1.51. The van der Waals surface area contributed by atoms with Gasteiger partial charge < -0.3 is 15.4 Å². The van der Waals surface area contributed by atoms with Crippen molar-refractivity contribution in [3.8, 4) is 0 Å². The molecule has 13 heavy (non-hydrogen) atoms. The molecule has 76 valence electrons. The molecule has 0 aliphatic heterocycles. The molecule has 0 saturated heterocycles. The molecule has 0 aliphatic rings. The number of nitrogens with one attached hydrogen (secondary N) is 2. The lowest BCUT2D eigenvalue weighted by atomic mass is 10.3. The van der Waals surface area contributed by atoms with Crippen molar-refractivity contribution < 1.29 is 14.9 Å². The molecule has 3 N–H and O–H groups in total. The van der Waals surface area contributed by atoms with Crippen LogP contribution in [0.3, 0.4) is 0 Å². The summed E-state index contributed by atoms with van der Waals surface area (Å²) in [5.74, 6) is -0.309. The Kier molecular flexibility index (Phi) is 5.88. The third-order valence-electron chi connectivity index (χ3n) is 1.62. The standard InChI is InChI=1S/C8H17N3O2/c1-7(10-13)8(12)9-5-4-6-11(2)3/h13H,4-6H2,1-3H3,(H,9,12)/p+1/b10-7+. The Morgan fingerprint density at radius 1 is 1.54 bits per heavy atom. The summed E-state index contributed by atoms with van der Waals surface area (Å²) in [4.78, 5) is 12.4. The van der Waals surface area contributed by atoms with E-state index < -0.39 is 0 Å². The van der Waals surface area contributed by atoms with Crippen molar-refractivity contribution in [3.63, 3.8) is 0 Å². The Labute approximate surface area is 78.4 Å². The lowest BCUT2D eigenvalue weighted by Gasteiger charge is -2.07. The van der Waals surface area contributed by atoms with Gasteiger partial charge in [0.15, 0.2) is 0 Å². The van der Waals surface area contributed by atoms with E-state index in [1.807, 2.05) is 0 Å². The highest BCUT2D eigenvalue weighted by Crippen LogP contribution is 1.76. The van der Waals surface area contributed by atoms with Gasteiger partial charge in [-0.1, -0.05) is 5.16 Å². The van der Waals surface area contributed by atoms with Crippen molar-refractivity contribution in [1.29, 1.82) is 0 Å². The molecule has 0 saturated carbocycles. The summed E-state index contributed by atoms with van der Waals surface area (Å²) in [6, 6.07) is 0. The molecule has 0 aromatic heterocycles. The molecule has 0 heterocycles. The molecule has 1 amide bonds. The van der Waals surface area contributed by atoms with Gasteiger partial charge in [0.25, 0.3) is 5.91 Å². The summed E-state index contributed by atoms with van der Waals surface area (Å²) in [7, 11) is 4.12. The molecule has 0 bridgehead atoms. The van der Waals surface area contributed by atoms with Gasteiger partial charge in [-0.3, -0.25) is 4.79 Å². The maximum absolute atomic E-state index is 11.0. The molecule has 0 unspecified atom stereocenters. The highest BCUT2D eigenvalue weighted by molar-refractivity contribution is 6.37. The molecular formula is C8H18N3O2+. The third-order valence-corrected chi connectivity index (χ3v) is 1.62. The molecule has 0 aromatic carbocycles. The van der Waals surface area contributed by atoms with Gasteiger partial charge >= 0.3 is 0 Å². The molecule has 0 fully saturated rings. The number of oxime groups is 1. The van der Waals surface area contributed by atoms with Crippen LogP contribution in [-0.2, 0) is 4.79 Å². The fraction of sp³-hybridized carbons (Fsp3) is 0.750. The first-order valence-corrected chi connectivity index (χ1v) is 4.33. The fourth-order valence-electron chi connectivity index (χ4n) is 0.817. The van der Waals surface area contributed by atoms with Gasteiger partial charge in [0, 0.05) is 13.0 Å². The fourth-order valence-corrected chi connectivity index (χ4v) is 0.817. The summed E-state index contributed by atoms with van der Waals surface area (Å²) in [5.41, 5.74) is 0.0946. The van der Waals surface area contributed by atoms with Crippen LogP contribution in [0.25, 0.3) is 0 Å². The largest absolute Gasteiger partial charge is 0.410 e. The summed E-state index contributed by atoms with van der Waals surface area (Å²) < 4.78 is 0. The van der Waals surface area contributed by atoms with Gasteiger partial charge in [-0.05, 0) is 6.92 Å². The average Bonchev–Trinajstić information content (AvgIpc) is 2.10. The number of hydrogen-bond donors (Lipinski definition) is 3. The van der Waals surface area contributed by atoms with E-state index in [-0.39, 0.29) is 11.6 Å². The first kappa shape index (κ1) is 11.9. The number of quaternary nitrogens is 1. The Hall–Kier alpha value is -1.10. The minimum atomic E-state index is -0.309. The van der Waals surface area contributed by atoms with Crippen LogP contribution in [-0.4, -0.2) is 44.0 Å². The maximum atomic E-state index is 11.0. The van der Waals surface area contributed by atoms with E-state index in [0.717, 1.165) is 13.0 Å². The molecule has 0 aliphatic carbocycles. The smallest absolute Gasteiger partial charge is 0.268 e. The Bertz CT molecular complexity index is 190. The number of carbonyl (C=O) groups is 1. The van der Waals surface area contributed by atoms with E-state index >= 15 is 0 Å². The van der Waals surface area contributed by atoms with Gasteiger partial charge in [0.2, 0.25) is 0 Å². The van der Waals surface area contributed by atoms with E-state index in [1.54, 1.807) is 0 Å². The Morgan fingerprint density at radius 2 is 2.15 bits per heavy atom. The number of rotatable bonds is 5. The van der Waals surface area contributed by atoms with Crippen molar-refractivity contribution in [2.24, 2.45) is 5.16 Å². The molecule has 0 spiro atoms. The summed E-state index contributed by atoms with van der Waals surface area (Å²) in [6.07, 6.45) is 0.923. The lowest BCUT2D eigenvalue weighted by Crippen LogP contribution is -3.05. The predicted molar refractivity (Wildman–Crippen MR) is 50.2 cm³/mol. The third kappa shape index (κ3) is 6.10. The minimum Gasteiger partial charge on any atom is -0.410 e. The van der Waals surface area contributed by atoms with E-state index in [1.165, 1.54) is 11.8 Å². The first-order valence-electron chi connectivity index (χ1n) is 4.33. The number of nitrogens with zero attached hydrogens (tertiary/aromatic N) is 1. The normalized spacial score (nSPS) is 11.8. The number of amides is 1. The Balaban J connectivity index is 3.49. The summed E-state index contributed by atoms with van der Waals surface area (Å²) in [5, 5.41) is 13.7. The molecule has 0 atom stereocenters. The zero-order valence-corrected chi connectivity index (χ0v) is 8.42. The second-order valence-corrected chi connectivity index (χ2v) is 3.25. The van der Waals surface area contributed by atoms with Gasteiger partial charge in [0.1, 0.15) is 5.71 Å². The summed E-state index contributed by atoms with van der Waals surface area (Å²) >= 11 is 0. The quantitative estimate of drug-likeness (QED) is 0.212. The van der Waals surface area contributed by atoms with Crippen molar-refractivity contribution in [1.82, 2.24) is 5.32 Å². The molecule has 0 aromatic rings. The average molecular weight is 188 g/mol. The molecule has 0 rings (SSSR count). The van der Waals surface area contributed by atoms with E-state index in [2.05, 4.69) is 24.6 Å². The highest BCUT2D eigenvalue weighted by atomic mass is 16.4. The van der Waals surface area contributed by atoms with Crippen LogP contribution in [0, 0.1) is 0 Å². The lowest BCUT2D eigenvalue weighted by molar-refractivity contribution is -0.858. The molecule has 0 radical (unpaired) electrons. The number of carbonyl (C=O) groups excluding carboxylic acids is 1. The number of hydrogen-bond acceptors (Lipinski definition) is 3. The van der Waals surface area contributed by atoms with Gasteiger partial charge in [-0.25, -0.2) is 0 Å². The van der Waals surface area contributed by atoms with Crippen LogP contribution in [0.15, 0.2) is 5.16 Å². The van der Waals surface area contributed by atoms with Crippen LogP contribution in [0.5, 0.6) is 0 Å². The molecule has 5 heteroatoms. The van der Waals surface area contributed by atoms with Crippen molar-refractivity contribution >= 4 is 11.6 Å². The van der Waals surface area contributed by atoms with Crippen LogP contribution in [0.4, 0.5) is 0 Å². The van der Waals surface area contributed by atoms with Gasteiger partial charge in [-0.2, -0.15) is 0 Å². The minimum absolute atomic E-state index is 0.0946. The first-order chi connectivity index (χ1) is 6.07. The topological polar surface area (TPSA) is 66.1 Å². The maximum Gasteiger partial charge on any atom is 0.268 e. The monoisotopic (exact) mass is 188 g/mol.